The van der Waals surface area contributed by atoms with Crippen LogP contribution in [0.25, 0.3) is 0 Å². The normalized spacial score (nSPS) is 16.8. The summed E-state index contributed by atoms with van der Waals surface area (Å²) in [6.45, 7) is 6.22. The number of aromatic nitrogens is 3. The fourth-order valence-electron chi connectivity index (χ4n) is 3.68. The molecule has 31 heavy (non-hydrogen) atoms. The Labute approximate surface area is 182 Å². The van der Waals surface area contributed by atoms with Crippen LogP contribution in [0.1, 0.15) is 48.8 Å². The Hall–Kier alpha value is -3.48. The van der Waals surface area contributed by atoms with Crippen LogP contribution in [0.4, 0.5) is 16.7 Å². The second-order valence-electron chi connectivity index (χ2n) is 7.79. The van der Waals surface area contributed by atoms with Gasteiger partial charge in [0.05, 0.1) is 12.1 Å². The molecule has 1 N–H and O–H groups in total. The van der Waals surface area contributed by atoms with Gasteiger partial charge in [-0.05, 0) is 43.4 Å². The minimum absolute atomic E-state index is 0.00655. The minimum Gasteiger partial charge on any atom is -0.447 e. The maximum absolute atomic E-state index is 12.2. The van der Waals surface area contributed by atoms with Crippen molar-refractivity contribution in [2.45, 2.75) is 45.7 Å². The Morgan fingerprint density at radius 2 is 1.77 bits per heavy atom. The Morgan fingerprint density at radius 3 is 2.48 bits per heavy atom. The molecule has 0 spiro atoms. The summed E-state index contributed by atoms with van der Waals surface area (Å²) in [7, 11) is 0. The topological polar surface area (TPSA) is 80.2 Å². The highest BCUT2D eigenvalue weighted by molar-refractivity contribution is 5.88. The van der Waals surface area contributed by atoms with Crippen molar-refractivity contribution in [2.24, 2.45) is 0 Å². The molecule has 7 nitrogen and oxygen atoms in total. The van der Waals surface area contributed by atoms with Gasteiger partial charge >= 0.3 is 6.09 Å². The molecule has 0 bridgehead atoms. The van der Waals surface area contributed by atoms with E-state index in [0.29, 0.717) is 24.3 Å². The minimum atomic E-state index is -0.412. The van der Waals surface area contributed by atoms with Crippen molar-refractivity contribution < 1.29 is 9.53 Å². The number of carbonyl (C=O) groups is 1. The third-order valence-corrected chi connectivity index (χ3v) is 5.46. The van der Waals surface area contributed by atoms with E-state index in [2.05, 4.69) is 75.7 Å². The van der Waals surface area contributed by atoms with Gasteiger partial charge in [0.2, 0.25) is 11.9 Å². The molecule has 0 saturated carbocycles. The van der Waals surface area contributed by atoms with Crippen molar-refractivity contribution in [2.75, 3.05) is 16.8 Å². The maximum Gasteiger partial charge on any atom is 0.417 e. The summed E-state index contributed by atoms with van der Waals surface area (Å²) in [5.74, 6) is 1.32. The number of cyclic esters (lactones) is 1. The molecule has 0 radical (unpaired) electrons. The van der Waals surface area contributed by atoms with E-state index in [9.17, 15) is 4.79 Å². The first-order valence-electron chi connectivity index (χ1n) is 10.6. The number of benzene rings is 2. The van der Waals surface area contributed by atoms with E-state index in [-0.39, 0.29) is 12.1 Å². The summed E-state index contributed by atoms with van der Waals surface area (Å²) in [6, 6.07) is 18.9. The van der Waals surface area contributed by atoms with Crippen LogP contribution >= 0.6 is 0 Å². The number of anilines is 2. The molecule has 2 heterocycles. The third-order valence-electron chi connectivity index (χ3n) is 5.46. The molecule has 1 fully saturated rings. The van der Waals surface area contributed by atoms with Gasteiger partial charge in [-0.15, -0.1) is 0 Å². The van der Waals surface area contributed by atoms with E-state index in [1.54, 1.807) is 6.92 Å². The second-order valence-corrected chi connectivity index (χ2v) is 7.79. The Kier molecular flexibility index (Phi) is 6.11. The zero-order valence-corrected chi connectivity index (χ0v) is 18.1. The number of amides is 1. The highest BCUT2D eigenvalue weighted by atomic mass is 16.6. The molecule has 7 heteroatoms. The van der Waals surface area contributed by atoms with E-state index in [1.807, 2.05) is 13.0 Å². The molecule has 1 aliphatic heterocycles. The average Bonchev–Trinajstić information content (AvgIpc) is 3.15. The molecule has 1 amide bonds. The van der Waals surface area contributed by atoms with E-state index < -0.39 is 6.09 Å². The van der Waals surface area contributed by atoms with Gasteiger partial charge in [-0.2, -0.15) is 15.0 Å². The first-order valence-corrected chi connectivity index (χ1v) is 10.6. The number of aryl methyl sites for hydroxylation is 1. The quantitative estimate of drug-likeness (QED) is 0.601. The van der Waals surface area contributed by atoms with Crippen molar-refractivity contribution >= 4 is 18.0 Å². The van der Waals surface area contributed by atoms with Crippen LogP contribution in [0, 0.1) is 6.92 Å². The zero-order chi connectivity index (χ0) is 21.8. The summed E-state index contributed by atoms with van der Waals surface area (Å²) >= 11 is 0. The third kappa shape index (κ3) is 4.82. The molecule has 0 aliphatic carbocycles. The molecule has 160 valence electrons. The molecule has 1 aliphatic rings. The van der Waals surface area contributed by atoms with Gasteiger partial charge < -0.3 is 10.1 Å². The van der Waals surface area contributed by atoms with Crippen molar-refractivity contribution in [1.82, 2.24) is 15.0 Å². The first-order chi connectivity index (χ1) is 15.0. The molecule has 3 aromatic rings. The van der Waals surface area contributed by atoms with Crippen LogP contribution in [0.5, 0.6) is 0 Å². The average molecular weight is 418 g/mol. The van der Waals surface area contributed by atoms with Gasteiger partial charge in [-0.1, -0.05) is 61.5 Å². The molecular formula is C24H27N5O2. The predicted octanol–water partition coefficient (Wildman–Crippen LogP) is 4.68. The number of hydrogen-bond acceptors (Lipinski definition) is 6. The van der Waals surface area contributed by atoms with Gasteiger partial charge in [0.25, 0.3) is 0 Å². The van der Waals surface area contributed by atoms with Gasteiger partial charge in [0.15, 0.2) is 0 Å². The number of nitrogens with zero attached hydrogens (tertiary/aromatic N) is 4. The van der Waals surface area contributed by atoms with Gasteiger partial charge in [0.1, 0.15) is 12.4 Å². The molecular weight excluding hydrogens is 390 g/mol. The Morgan fingerprint density at radius 1 is 1.06 bits per heavy atom. The van der Waals surface area contributed by atoms with Crippen molar-refractivity contribution in [3.63, 3.8) is 0 Å². The monoisotopic (exact) mass is 417 g/mol. The van der Waals surface area contributed by atoms with E-state index in [1.165, 1.54) is 16.0 Å². The lowest BCUT2D eigenvalue weighted by Gasteiger charge is -2.20. The molecule has 4 rings (SSSR count). The molecule has 2 atom stereocenters. The Bertz CT molecular complexity index is 1040. The van der Waals surface area contributed by atoms with Crippen molar-refractivity contribution in [1.29, 1.82) is 0 Å². The van der Waals surface area contributed by atoms with Crippen LogP contribution in [0.3, 0.4) is 0 Å². The summed E-state index contributed by atoms with van der Waals surface area (Å²) in [5.41, 5.74) is 3.68. The smallest absolute Gasteiger partial charge is 0.417 e. The van der Waals surface area contributed by atoms with Crippen molar-refractivity contribution in [3.05, 3.63) is 77.1 Å². The lowest BCUT2D eigenvalue weighted by Crippen LogP contribution is -2.34. The lowest BCUT2D eigenvalue weighted by atomic mass is 10.0. The molecule has 1 saturated heterocycles. The van der Waals surface area contributed by atoms with Crippen LogP contribution < -0.4 is 10.2 Å². The van der Waals surface area contributed by atoms with Gasteiger partial charge in [0, 0.05) is 0 Å². The summed E-state index contributed by atoms with van der Waals surface area (Å²) in [6.07, 6.45) is 1.26. The first kappa shape index (κ1) is 20.8. The lowest BCUT2D eigenvalue weighted by molar-refractivity contribution is 0.178. The summed E-state index contributed by atoms with van der Waals surface area (Å²) in [5, 5.41) is 3.34. The summed E-state index contributed by atoms with van der Waals surface area (Å²) in [4.78, 5) is 26.9. The van der Waals surface area contributed by atoms with Gasteiger partial charge in [-0.3, -0.25) is 0 Å². The number of nitrogens with one attached hydrogen (secondary N) is 1. The second kappa shape index (κ2) is 9.12. The maximum atomic E-state index is 12.2. The number of ether oxygens (including phenoxy) is 1. The number of rotatable bonds is 7. The van der Waals surface area contributed by atoms with E-state index >= 15 is 0 Å². The predicted molar refractivity (Wildman–Crippen MR) is 120 cm³/mol. The molecule has 2 aromatic carbocycles. The summed E-state index contributed by atoms with van der Waals surface area (Å²) < 4.78 is 5.17. The van der Waals surface area contributed by atoms with Crippen LogP contribution in [0.15, 0.2) is 54.6 Å². The molecule has 1 aromatic heterocycles. The standard InChI is InChI=1S/C24H27N5O2/c1-4-21-15-31-24(30)29(21)23-27-17(3)26-22(28-23)25-16(2)20-12-10-19(11-13-20)14-18-8-6-5-7-9-18/h5-13,16,21H,4,14-15H2,1-3H3,(H,25,26,27,28)/t16?,21-/m0/s1. The fraction of sp³-hybridized carbons (Fsp3) is 0.333. The SMILES string of the molecule is CC[C@H]1COC(=O)N1c1nc(C)nc(NC(C)c2ccc(Cc3ccccc3)cc2)n1. The van der Waals surface area contributed by atoms with E-state index in [0.717, 1.165) is 18.4 Å². The van der Waals surface area contributed by atoms with Crippen LogP contribution in [0.2, 0.25) is 0 Å². The Balaban J connectivity index is 1.47. The van der Waals surface area contributed by atoms with E-state index in [4.69, 9.17) is 4.74 Å². The highest BCUT2D eigenvalue weighted by Crippen LogP contribution is 2.24. The number of carbonyl (C=O) groups excluding carboxylic acids is 1. The number of hydrogen-bond donors (Lipinski definition) is 1. The van der Waals surface area contributed by atoms with Crippen molar-refractivity contribution in [3.8, 4) is 0 Å². The fourth-order valence-corrected chi connectivity index (χ4v) is 3.68. The largest absolute Gasteiger partial charge is 0.447 e. The highest BCUT2D eigenvalue weighted by Gasteiger charge is 2.35. The van der Waals surface area contributed by atoms with Crippen LogP contribution in [-0.2, 0) is 11.2 Å². The van der Waals surface area contributed by atoms with Gasteiger partial charge in [-0.25, -0.2) is 9.69 Å². The van der Waals surface area contributed by atoms with Crippen LogP contribution in [-0.4, -0.2) is 33.7 Å². The zero-order valence-electron chi connectivity index (χ0n) is 18.1. The molecule has 1 unspecified atom stereocenters.